The summed E-state index contributed by atoms with van der Waals surface area (Å²) in [5.41, 5.74) is 3.60. The number of hydrogen-bond donors (Lipinski definition) is 2. The van der Waals surface area contributed by atoms with Gasteiger partial charge in [-0.15, -0.1) is 0 Å². The predicted molar refractivity (Wildman–Crippen MR) is 98.1 cm³/mol. The summed E-state index contributed by atoms with van der Waals surface area (Å²) in [6.07, 6.45) is 0. The molecule has 1 aromatic heterocycles. The van der Waals surface area contributed by atoms with E-state index in [2.05, 4.69) is 16.4 Å². The molecule has 3 aromatic carbocycles. The van der Waals surface area contributed by atoms with Crippen LogP contribution in [0.25, 0.3) is 22.2 Å². The van der Waals surface area contributed by atoms with Gasteiger partial charge < -0.3 is 10.3 Å². The molecule has 0 fully saturated rings. The number of aromatic amines is 1. The van der Waals surface area contributed by atoms with Crippen molar-refractivity contribution in [2.75, 3.05) is 5.32 Å². The van der Waals surface area contributed by atoms with Crippen LogP contribution in [-0.4, -0.2) is 10.9 Å². The Morgan fingerprint density at radius 3 is 2.52 bits per heavy atom. The number of carbonyl (C=O) groups is 1. The predicted octanol–water partition coefficient (Wildman–Crippen LogP) is 5.23. The van der Waals surface area contributed by atoms with Crippen LogP contribution >= 0.6 is 0 Å². The second-order valence-corrected chi connectivity index (χ2v) is 5.79. The molecule has 25 heavy (non-hydrogen) atoms. The quantitative estimate of drug-likeness (QED) is 0.531. The van der Waals surface area contributed by atoms with Crippen LogP contribution in [0.4, 0.5) is 10.1 Å². The smallest absolute Gasteiger partial charge is 0.258 e. The zero-order chi connectivity index (χ0) is 17.2. The summed E-state index contributed by atoms with van der Waals surface area (Å²) in [5.74, 6) is -1.00. The van der Waals surface area contributed by atoms with Gasteiger partial charge in [0.2, 0.25) is 0 Å². The van der Waals surface area contributed by atoms with Gasteiger partial charge in [-0.25, -0.2) is 4.39 Å². The maximum absolute atomic E-state index is 13.7. The molecule has 0 atom stereocenters. The lowest BCUT2D eigenvalue weighted by atomic mass is 10.1. The third-order valence-electron chi connectivity index (χ3n) is 4.08. The second-order valence-electron chi connectivity index (χ2n) is 5.79. The minimum Gasteiger partial charge on any atom is -0.355 e. The normalized spacial score (nSPS) is 10.8. The van der Waals surface area contributed by atoms with Gasteiger partial charge in [-0.1, -0.05) is 42.5 Å². The minimum atomic E-state index is -0.535. The molecular weight excluding hydrogens is 315 g/mol. The second kappa shape index (κ2) is 6.24. The Hall–Kier alpha value is -3.40. The number of H-pyrrole nitrogens is 1. The van der Waals surface area contributed by atoms with Gasteiger partial charge in [0.15, 0.2) is 0 Å². The summed E-state index contributed by atoms with van der Waals surface area (Å²) in [5, 5.41) is 3.87. The van der Waals surface area contributed by atoms with E-state index in [0.717, 1.165) is 22.2 Å². The van der Waals surface area contributed by atoms with Gasteiger partial charge in [0, 0.05) is 27.8 Å². The van der Waals surface area contributed by atoms with E-state index in [1.807, 2.05) is 42.5 Å². The summed E-state index contributed by atoms with van der Waals surface area (Å²) in [6.45, 7) is 0. The molecule has 0 aliphatic carbocycles. The summed E-state index contributed by atoms with van der Waals surface area (Å²) in [6, 6.07) is 23.5. The van der Waals surface area contributed by atoms with Crippen LogP contribution in [0.15, 0.2) is 78.9 Å². The number of halogens is 1. The van der Waals surface area contributed by atoms with E-state index >= 15 is 0 Å². The number of aromatic nitrogens is 1. The van der Waals surface area contributed by atoms with Crippen molar-refractivity contribution in [3.8, 4) is 11.3 Å². The molecule has 0 bridgehead atoms. The molecule has 1 heterocycles. The van der Waals surface area contributed by atoms with Gasteiger partial charge in [-0.2, -0.15) is 0 Å². The average molecular weight is 330 g/mol. The lowest BCUT2D eigenvalue weighted by Gasteiger charge is -2.07. The molecule has 0 spiro atoms. The monoisotopic (exact) mass is 330 g/mol. The molecule has 4 aromatic rings. The Morgan fingerprint density at radius 1 is 0.880 bits per heavy atom. The SMILES string of the molecule is O=C(Nc1cccc(-c2cc3ccccc3[nH]2)c1)c1ccccc1F. The molecule has 2 N–H and O–H groups in total. The van der Waals surface area contributed by atoms with Crippen molar-refractivity contribution >= 4 is 22.5 Å². The number of nitrogens with one attached hydrogen (secondary N) is 2. The number of hydrogen-bond acceptors (Lipinski definition) is 1. The van der Waals surface area contributed by atoms with Gasteiger partial charge in [-0.3, -0.25) is 4.79 Å². The van der Waals surface area contributed by atoms with Crippen molar-refractivity contribution in [1.29, 1.82) is 0 Å². The van der Waals surface area contributed by atoms with Crippen LogP contribution in [0.5, 0.6) is 0 Å². The number of para-hydroxylation sites is 1. The van der Waals surface area contributed by atoms with Gasteiger partial charge in [-0.05, 0) is 36.4 Å². The number of carbonyl (C=O) groups excluding carboxylic acids is 1. The lowest BCUT2D eigenvalue weighted by molar-refractivity contribution is 0.102. The zero-order valence-electron chi connectivity index (χ0n) is 13.3. The van der Waals surface area contributed by atoms with Crippen LogP contribution in [-0.2, 0) is 0 Å². The topological polar surface area (TPSA) is 44.9 Å². The van der Waals surface area contributed by atoms with Gasteiger partial charge in [0.25, 0.3) is 5.91 Å². The molecular formula is C21H15FN2O. The first-order valence-electron chi connectivity index (χ1n) is 7.95. The Kier molecular flexibility index (Phi) is 3.78. The third-order valence-corrected chi connectivity index (χ3v) is 4.08. The van der Waals surface area contributed by atoms with E-state index < -0.39 is 11.7 Å². The Bertz CT molecular complexity index is 1040. The number of fused-ring (bicyclic) bond motifs is 1. The first kappa shape index (κ1) is 15.1. The van der Waals surface area contributed by atoms with Crippen LogP contribution in [0.2, 0.25) is 0 Å². The Labute approximate surface area is 144 Å². The molecule has 122 valence electrons. The first-order valence-corrected chi connectivity index (χ1v) is 7.95. The van der Waals surface area contributed by atoms with E-state index in [-0.39, 0.29) is 5.56 Å². The number of anilines is 1. The number of rotatable bonds is 3. The van der Waals surface area contributed by atoms with E-state index in [4.69, 9.17) is 0 Å². The maximum Gasteiger partial charge on any atom is 0.258 e. The van der Waals surface area contributed by atoms with E-state index in [0.29, 0.717) is 5.69 Å². The van der Waals surface area contributed by atoms with E-state index in [9.17, 15) is 9.18 Å². The Morgan fingerprint density at radius 2 is 1.68 bits per heavy atom. The molecule has 0 radical (unpaired) electrons. The summed E-state index contributed by atoms with van der Waals surface area (Å²) >= 11 is 0. The van der Waals surface area contributed by atoms with Crippen molar-refractivity contribution in [2.45, 2.75) is 0 Å². The highest BCUT2D eigenvalue weighted by molar-refractivity contribution is 6.04. The number of benzene rings is 3. The lowest BCUT2D eigenvalue weighted by Crippen LogP contribution is -2.13. The molecule has 4 heteroatoms. The van der Waals surface area contributed by atoms with Crippen molar-refractivity contribution in [2.24, 2.45) is 0 Å². The van der Waals surface area contributed by atoms with Crippen molar-refractivity contribution in [1.82, 2.24) is 4.98 Å². The highest BCUT2D eigenvalue weighted by Gasteiger charge is 2.11. The molecule has 3 nitrogen and oxygen atoms in total. The van der Waals surface area contributed by atoms with Crippen LogP contribution in [0, 0.1) is 5.82 Å². The van der Waals surface area contributed by atoms with Crippen LogP contribution < -0.4 is 5.32 Å². The fourth-order valence-electron chi connectivity index (χ4n) is 2.84. The highest BCUT2D eigenvalue weighted by Crippen LogP contribution is 2.26. The van der Waals surface area contributed by atoms with Crippen molar-refractivity contribution < 1.29 is 9.18 Å². The third kappa shape index (κ3) is 3.02. The molecule has 4 rings (SSSR count). The molecule has 0 saturated heterocycles. The van der Waals surface area contributed by atoms with Crippen LogP contribution in [0.3, 0.4) is 0 Å². The summed E-state index contributed by atoms with van der Waals surface area (Å²) in [4.78, 5) is 15.6. The number of amides is 1. The largest absolute Gasteiger partial charge is 0.355 e. The van der Waals surface area contributed by atoms with Gasteiger partial charge >= 0.3 is 0 Å². The zero-order valence-corrected chi connectivity index (χ0v) is 13.3. The van der Waals surface area contributed by atoms with Crippen LogP contribution in [0.1, 0.15) is 10.4 Å². The molecule has 0 saturated carbocycles. The fraction of sp³-hybridized carbons (Fsp3) is 0. The first-order chi connectivity index (χ1) is 12.2. The van der Waals surface area contributed by atoms with Crippen molar-refractivity contribution in [3.05, 3.63) is 90.2 Å². The summed E-state index contributed by atoms with van der Waals surface area (Å²) < 4.78 is 13.7. The fourth-order valence-corrected chi connectivity index (χ4v) is 2.84. The highest BCUT2D eigenvalue weighted by atomic mass is 19.1. The summed E-state index contributed by atoms with van der Waals surface area (Å²) in [7, 11) is 0. The minimum absolute atomic E-state index is 0.0264. The van der Waals surface area contributed by atoms with Gasteiger partial charge in [0.05, 0.1) is 5.56 Å². The van der Waals surface area contributed by atoms with E-state index in [1.165, 1.54) is 12.1 Å². The van der Waals surface area contributed by atoms with Gasteiger partial charge in [0.1, 0.15) is 5.82 Å². The molecule has 0 aliphatic heterocycles. The van der Waals surface area contributed by atoms with Crippen molar-refractivity contribution in [3.63, 3.8) is 0 Å². The average Bonchev–Trinajstić information content (AvgIpc) is 3.06. The van der Waals surface area contributed by atoms with E-state index in [1.54, 1.807) is 18.2 Å². The maximum atomic E-state index is 13.7. The molecule has 0 aliphatic rings. The standard InChI is InChI=1S/C21H15FN2O/c22-18-10-3-2-9-17(18)21(25)23-16-8-5-7-14(12-16)20-13-15-6-1-4-11-19(15)24-20/h1-13,24H,(H,23,25). The molecule has 1 amide bonds. The molecule has 0 unspecified atom stereocenters. The Balaban J connectivity index is 1.63.